The number of nitrogens with two attached hydrogens (primary N) is 1. The second-order valence-corrected chi connectivity index (χ2v) is 7.14. The summed E-state index contributed by atoms with van der Waals surface area (Å²) in [5.74, 6) is 4.37. The lowest BCUT2D eigenvalue weighted by Crippen LogP contribution is -2.42. The molecule has 2 aliphatic carbocycles. The van der Waals surface area contributed by atoms with Crippen LogP contribution in [0, 0.1) is 29.6 Å². The fourth-order valence-corrected chi connectivity index (χ4v) is 4.15. The van der Waals surface area contributed by atoms with Gasteiger partial charge in [0.1, 0.15) is 0 Å². The molecule has 6 atom stereocenters. The minimum atomic E-state index is 0.493. The summed E-state index contributed by atoms with van der Waals surface area (Å²) in [6.07, 6.45) is 9.81. The van der Waals surface area contributed by atoms with Crippen LogP contribution in [0.4, 0.5) is 0 Å². The van der Waals surface area contributed by atoms with E-state index in [0.717, 1.165) is 29.6 Å². The van der Waals surface area contributed by atoms with E-state index in [2.05, 4.69) is 20.8 Å². The molecular formula is C16H31N. The second kappa shape index (κ2) is 5.73. The summed E-state index contributed by atoms with van der Waals surface area (Å²) < 4.78 is 0. The standard InChI is InChI=1S/C16H31N/c1-11-5-4-6-14(9-11)16(17)15-8-7-12(2)13(3)10-15/h11-16H,4-10,17H2,1-3H3. The highest BCUT2D eigenvalue weighted by Gasteiger charge is 2.33. The first kappa shape index (κ1) is 13.4. The SMILES string of the molecule is CC1CCCC(C(N)C2CCC(C)C(C)C2)C1. The van der Waals surface area contributed by atoms with Crippen LogP contribution in [-0.2, 0) is 0 Å². The zero-order chi connectivity index (χ0) is 12.4. The van der Waals surface area contributed by atoms with Crippen molar-refractivity contribution in [1.82, 2.24) is 0 Å². The minimum Gasteiger partial charge on any atom is -0.327 e. The summed E-state index contributed by atoms with van der Waals surface area (Å²) in [7, 11) is 0. The van der Waals surface area contributed by atoms with Crippen LogP contribution < -0.4 is 5.73 Å². The molecule has 6 unspecified atom stereocenters. The highest BCUT2D eigenvalue weighted by Crippen LogP contribution is 2.39. The molecule has 0 spiro atoms. The maximum Gasteiger partial charge on any atom is 0.00958 e. The minimum absolute atomic E-state index is 0.493. The molecule has 0 aromatic carbocycles. The fraction of sp³-hybridized carbons (Fsp3) is 1.00. The van der Waals surface area contributed by atoms with Crippen molar-refractivity contribution in [2.75, 3.05) is 0 Å². The average molecular weight is 237 g/mol. The van der Waals surface area contributed by atoms with Crippen molar-refractivity contribution >= 4 is 0 Å². The van der Waals surface area contributed by atoms with Gasteiger partial charge in [0, 0.05) is 6.04 Å². The Morgan fingerprint density at radius 1 is 0.824 bits per heavy atom. The molecule has 1 nitrogen and oxygen atoms in total. The molecule has 100 valence electrons. The normalized spacial score (nSPS) is 45.5. The van der Waals surface area contributed by atoms with Gasteiger partial charge in [-0.2, -0.15) is 0 Å². The van der Waals surface area contributed by atoms with E-state index in [9.17, 15) is 0 Å². The van der Waals surface area contributed by atoms with Crippen LogP contribution in [0.3, 0.4) is 0 Å². The Bertz CT molecular complexity index is 238. The maximum absolute atomic E-state index is 6.59. The third-order valence-corrected chi connectivity index (χ3v) is 5.70. The molecule has 2 rings (SSSR count). The van der Waals surface area contributed by atoms with Crippen LogP contribution >= 0.6 is 0 Å². The van der Waals surface area contributed by atoms with Gasteiger partial charge in [-0.1, -0.05) is 40.0 Å². The van der Waals surface area contributed by atoms with Gasteiger partial charge in [0.2, 0.25) is 0 Å². The van der Waals surface area contributed by atoms with Crippen molar-refractivity contribution in [3.63, 3.8) is 0 Å². The molecule has 17 heavy (non-hydrogen) atoms. The van der Waals surface area contributed by atoms with E-state index in [0.29, 0.717) is 6.04 Å². The molecule has 0 bridgehead atoms. The van der Waals surface area contributed by atoms with Crippen LogP contribution in [0.5, 0.6) is 0 Å². The molecule has 0 heterocycles. The molecule has 0 aliphatic heterocycles. The van der Waals surface area contributed by atoms with Crippen LogP contribution in [0.1, 0.15) is 65.7 Å². The smallest absolute Gasteiger partial charge is 0.00958 e. The third-order valence-electron chi connectivity index (χ3n) is 5.70. The van der Waals surface area contributed by atoms with Crippen LogP contribution in [0.2, 0.25) is 0 Å². The van der Waals surface area contributed by atoms with E-state index >= 15 is 0 Å². The first-order chi connectivity index (χ1) is 8.08. The Balaban J connectivity index is 1.88. The van der Waals surface area contributed by atoms with Crippen molar-refractivity contribution in [3.8, 4) is 0 Å². The molecule has 0 amide bonds. The first-order valence-corrected chi connectivity index (χ1v) is 7.83. The molecule has 0 radical (unpaired) electrons. The number of rotatable bonds is 2. The summed E-state index contributed by atoms with van der Waals surface area (Å²) in [6.45, 7) is 7.24. The lowest BCUT2D eigenvalue weighted by Gasteiger charge is -2.40. The molecular weight excluding hydrogens is 206 g/mol. The van der Waals surface area contributed by atoms with E-state index in [4.69, 9.17) is 5.73 Å². The first-order valence-electron chi connectivity index (χ1n) is 7.83. The van der Waals surface area contributed by atoms with Gasteiger partial charge in [0.15, 0.2) is 0 Å². The molecule has 2 aliphatic rings. The van der Waals surface area contributed by atoms with E-state index in [1.165, 1.54) is 44.9 Å². The van der Waals surface area contributed by atoms with Crippen molar-refractivity contribution < 1.29 is 0 Å². The maximum atomic E-state index is 6.59. The van der Waals surface area contributed by atoms with Crippen LogP contribution in [0.15, 0.2) is 0 Å². The van der Waals surface area contributed by atoms with Crippen molar-refractivity contribution in [3.05, 3.63) is 0 Å². The van der Waals surface area contributed by atoms with Crippen LogP contribution in [-0.4, -0.2) is 6.04 Å². The summed E-state index contributed by atoms with van der Waals surface area (Å²) in [5, 5.41) is 0. The predicted molar refractivity (Wildman–Crippen MR) is 74.8 cm³/mol. The van der Waals surface area contributed by atoms with Gasteiger partial charge >= 0.3 is 0 Å². The molecule has 2 fully saturated rings. The topological polar surface area (TPSA) is 26.0 Å². The Morgan fingerprint density at radius 3 is 2.18 bits per heavy atom. The monoisotopic (exact) mass is 237 g/mol. The molecule has 0 aromatic heterocycles. The van der Waals surface area contributed by atoms with Gasteiger partial charge < -0.3 is 5.73 Å². The lowest BCUT2D eigenvalue weighted by molar-refractivity contribution is 0.134. The highest BCUT2D eigenvalue weighted by atomic mass is 14.7. The van der Waals surface area contributed by atoms with Gasteiger partial charge in [-0.25, -0.2) is 0 Å². The van der Waals surface area contributed by atoms with E-state index in [-0.39, 0.29) is 0 Å². The van der Waals surface area contributed by atoms with Gasteiger partial charge in [0.05, 0.1) is 0 Å². The van der Waals surface area contributed by atoms with E-state index < -0.39 is 0 Å². The van der Waals surface area contributed by atoms with Gasteiger partial charge in [0.25, 0.3) is 0 Å². The average Bonchev–Trinajstić information content (AvgIpc) is 2.32. The quantitative estimate of drug-likeness (QED) is 0.765. The van der Waals surface area contributed by atoms with Gasteiger partial charge in [-0.3, -0.25) is 0 Å². The Morgan fingerprint density at radius 2 is 1.53 bits per heavy atom. The third kappa shape index (κ3) is 3.24. The molecule has 2 saturated carbocycles. The van der Waals surface area contributed by atoms with Gasteiger partial charge in [-0.15, -0.1) is 0 Å². The lowest BCUT2D eigenvalue weighted by atomic mass is 9.68. The Labute approximate surface area is 108 Å². The summed E-state index contributed by atoms with van der Waals surface area (Å²) in [5.41, 5.74) is 6.59. The number of hydrogen-bond donors (Lipinski definition) is 1. The predicted octanol–water partition coefficient (Wildman–Crippen LogP) is 4.21. The zero-order valence-electron chi connectivity index (χ0n) is 12.0. The van der Waals surface area contributed by atoms with Crippen LogP contribution in [0.25, 0.3) is 0 Å². The second-order valence-electron chi connectivity index (χ2n) is 7.14. The number of hydrogen-bond acceptors (Lipinski definition) is 1. The largest absolute Gasteiger partial charge is 0.327 e. The van der Waals surface area contributed by atoms with E-state index in [1.807, 2.05) is 0 Å². The Kier molecular flexibility index (Phi) is 4.52. The summed E-state index contributed by atoms with van der Waals surface area (Å²) >= 11 is 0. The molecule has 0 saturated heterocycles. The Hall–Kier alpha value is -0.0400. The zero-order valence-corrected chi connectivity index (χ0v) is 12.0. The van der Waals surface area contributed by atoms with Crippen molar-refractivity contribution in [1.29, 1.82) is 0 Å². The van der Waals surface area contributed by atoms with Gasteiger partial charge in [-0.05, 0) is 55.3 Å². The summed E-state index contributed by atoms with van der Waals surface area (Å²) in [6, 6.07) is 0.493. The highest BCUT2D eigenvalue weighted by molar-refractivity contribution is 4.88. The fourth-order valence-electron chi connectivity index (χ4n) is 4.15. The van der Waals surface area contributed by atoms with E-state index in [1.54, 1.807) is 0 Å². The van der Waals surface area contributed by atoms with Crippen molar-refractivity contribution in [2.45, 2.75) is 71.8 Å². The molecule has 2 N–H and O–H groups in total. The van der Waals surface area contributed by atoms with Crippen molar-refractivity contribution in [2.24, 2.45) is 35.3 Å². The molecule has 0 aromatic rings. The summed E-state index contributed by atoms with van der Waals surface area (Å²) in [4.78, 5) is 0. The molecule has 1 heteroatoms.